The molecule has 0 radical (unpaired) electrons. The van der Waals surface area contributed by atoms with E-state index in [4.69, 9.17) is 4.74 Å². The number of hydrogen-bond donors (Lipinski definition) is 1. The Bertz CT molecular complexity index is 964. The maximum atomic E-state index is 12.6. The van der Waals surface area contributed by atoms with E-state index in [1.807, 2.05) is 25.3 Å². The zero-order valence-corrected chi connectivity index (χ0v) is 15.5. The first kappa shape index (κ1) is 17.4. The van der Waals surface area contributed by atoms with E-state index in [-0.39, 0.29) is 4.90 Å². The van der Waals surface area contributed by atoms with Gasteiger partial charge in [0.05, 0.1) is 22.2 Å². The average Bonchev–Trinajstić information content (AvgIpc) is 3.02. The smallest absolute Gasteiger partial charge is 0.261 e. The van der Waals surface area contributed by atoms with Crippen LogP contribution in [0.2, 0.25) is 0 Å². The first-order valence-electron chi connectivity index (χ1n) is 7.76. The van der Waals surface area contributed by atoms with Crippen LogP contribution in [0.25, 0.3) is 11.3 Å². The van der Waals surface area contributed by atoms with E-state index in [0.717, 1.165) is 16.3 Å². The van der Waals surface area contributed by atoms with Gasteiger partial charge in [-0.1, -0.05) is 12.1 Å². The standard InChI is InChI=1S/C18H18N2O3S2/c1-3-23-16-7-9-17(10-8-16)25(21,22)20-15-6-4-5-14(11-15)18-12-24-13(2)19-18/h4-12,20H,3H2,1-2H3. The molecule has 1 N–H and O–H groups in total. The monoisotopic (exact) mass is 374 g/mol. The lowest BCUT2D eigenvalue weighted by atomic mass is 10.1. The maximum Gasteiger partial charge on any atom is 0.261 e. The molecule has 0 fully saturated rings. The van der Waals surface area contributed by atoms with Crippen LogP contribution in [0.1, 0.15) is 11.9 Å². The molecule has 0 unspecified atom stereocenters. The lowest BCUT2D eigenvalue weighted by Gasteiger charge is -2.10. The minimum absolute atomic E-state index is 0.186. The fourth-order valence-corrected chi connectivity index (χ4v) is 4.01. The molecule has 1 aromatic heterocycles. The first-order chi connectivity index (χ1) is 12.0. The number of aromatic nitrogens is 1. The largest absolute Gasteiger partial charge is 0.494 e. The van der Waals surface area contributed by atoms with Crippen LogP contribution in [0.5, 0.6) is 5.75 Å². The number of nitrogens with one attached hydrogen (secondary N) is 1. The first-order valence-corrected chi connectivity index (χ1v) is 10.1. The predicted octanol–water partition coefficient (Wildman–Crippen LogP) is 4.32. The predicted molar refractivity (Wildman–Crippen MR) is 101 cm³/mol. The minimum Gasteiger partial charge on any atom is -0.494 e. The van der Waals surface area contributed by atoms with Crippen LogP contribution in [0.4, 0.5) is 5.69 Å². The summed E-state index contributed by atoms with van der Waals surface area (Å²) in [6.45, 7) is 4.35. The van der Waals surface area contributed by atoms with Crippen molar-refractivity contribution in [3.8, 4) is 17.0 Å². The molecule has 0 atom stereocenters. The second-order valence-electron chi connectivity index (χ2n) is 5.34. The Kier molecular flexibility index (Phi) is 5.06. The molecule has 7 heteroatoms. The molecule has 1 heterocycles. The third-order valence-electron chi connectivity index (χ3n) is 3.47. The van der Waals surface area contributed by atoms with E-state index in [9.17, 15) is 8.42 Å². The molecule has 130 valence electrons. The van der Waals surface area contributed by atoms with Gasteiger partial charge < -0.3 is 4.74 Å². The molecule has 0 aliphatic rings. The summed E-state index contributed by atoms with van der Waals surface area (Å²) in [5, 5.41) is 2.92. The van der Waals surface area contributed by atoms with Gasteiger partial charge in [0.25, 0.3) is 10.0 Å². The Balaban J connectivity index is 1.83. The molecule has 0 amide bonds. The quantitative estimate of drug-likeness (QED) is 0.698. The van der Waals surface area contributed by atoms with Crippen LogP contribution >= 0.6 is 11.3 Å². The van der Waals surface area contributed by atoms with Crippen molar-refractivity contribution in [2.75, 3.05) is 11.3 Å². The third kappa shape index (κ3) is 4.18. The lowest BCUT2D eigenvalue weighted by molar-refractivity contribution is 0.340. The maximum absolute atomic E-state index is 12.6. The third-order valence-corrected chi connectivity index (χ3v) is 5.65. The van der Waals surface area contributed by atoms with Crippen molar-refractivity contribution in [1.29, 1.82) is 0 Å². The summed E-state index contributed by atoms with van der Waals surface area (Å²) in [7, 11) is -3.66. The van der Waals surface area contributed by atoms with Crippen molar-refractivity contribution in [2.24, 2.45) is 0 Å². The van der Waals surface area contributed by atoms with E-state index in [1.165, 1.54) is 12.1 Å². The highest BCUT2D eigenvalue weighted by atomic mass is 32.2. The molecule has 0 spiro atoms. The molecule has 3 aromatic rings. The Labute approximate surface area is 151 Å². The Morgan fingerprint density at radius 2 is 1.92 bits per heavy atom. The number of nitrogens with zero attached hydrogens (tertiary/aromatic N) is 1. The highest BCUT2D eigenvalue weighted by molar-refractivity contribution is 7.92. The van der Waals surface area contributed by atoms with Crippen LogP contribution < -0.4 is 9.46 Å². The molecule has 0 bridgehead atoms. The van der Waals surface area contributed by atoms with Gasteiger partial charge in [-0.3, -0.25) is 4.72 Å². The molecular weight excluding hydrogens is 356 g/mol. The van der Waals surface area contributed by atoms with Gasteiger partial charge in [-0.2, -0.15) is 0 Å². The summed E-state index contributed by atoms with van der Waals surface area (Å²) in [5.74, 6) is 0.641. The van der Waals surface area contributed by atoms with Gasteiger partial charge in [0.2, 0.25) is 0 Å². The van der Waals surface area contributed by atoms with E-state index in [0.29, 0.717) is 18.0 Å². The van der Waals surface area contributed by atoms with Gasteiger partial charge in [0.1, 0.15) is 5.75 Å². The zero-order valence-electron chi connectivity index (χ0n) is 13.9. The number of rotatable bonds is 6. The van der Waals surface area contributed by atoms with Gasteiger partial charge in [0, 0.05) is 16.6 Å². The number of anilines is 1. The van der Waals surface area contributed by atoms with Crippen molar-refractivity contribution in [3.05, 3.63) is 58.9 Å². The number of benzene rings is 2. The second kappa shape index (κ2) is 7.25. The van der Waals surface area contributed by atoms with Crippen LogP contribution in [-0.4, -0.2) is 20.0 Å². The minimum atomic E-state index is -3.66. The molecule has 0 aliphatic carbocycles. The number of ether oxygens (including phenoxy) is 1. The molecular formula is C18H18N2O3S2. The van der Waals surface area contributed by atoms with Crippen molar-refractivity contribution < 1.29 is 13.2 Å². The molecule has 0 saturated carbocycles. The molecule has 3 rings (SSSR count). The van der Waals surface area contributed by atoms with Gasteiger partial charge in [-0.15, -0.1) is 11.3 Å². The highest BCUT2D eigenvalue weighted by Crippen LogP contribution is 2.26. The van der Waals surface area contributed by atoms with Crippen molar-refractivity contribution in [1.82, 2.24) is 4.98 Å². The summed E-state index contributed by atoms with van der Waals surface area (Å²) in [4.78, 5) is 4.62. The van der Waals surface area contributed by atoms with E-state index in [2.05, 4.69) is 9.71 Å². The zero-order chi connectivity index (χ0) is 17.9. The van der Waals surface area contributed by atoms with Gasteiger partial charge in [0.15, 0.2) is 0 Å². The van der Waals surface area contributed by atoms with Crippen LogP contribution in [0.15, 0.2) is 58.8 Å². The Morgan fingerprint density at radius 3 is 2.56 bits per heavy atom. The van der Waals surface area contributed by atoms with Gasteiger partial charge in [-0.05, 0) is 50.2 Å². The Hall–Kier alpha value is -2.38. The summed E-state index contributed by atoms with van der Waals surface area (Å²) < 4.78 is 33.1. The van der Waals surface area contributed by atoms with E-state index < -0.39 is 10.0 Å². The van der Waals surface area contributed by atoms with Crippen molar-refractivity contribution in [3.63, 3.8) is 0 Å². The summed E-state index contributed by atoms with van der Waals surface area (Å²) >= 11 is 1.56. The average molecular weight is 374 g/mol. The molecule has 0 saturated heterocycles. The van der Waals surface area contributed by atoms with Crippen LogP contribution in [0, 0.1) is 6.92 Å². The van der Waals surface area contributed by atoms with E-state index >= 15 is 0 Å². The highest BCUT2D eigenvalue weighted by Gasteiger charge is 2.15. The SMILES string of the molecule is CCOc1ccc(S(=O)(=O)Nc2cccc(-c3csc(C)n3)c2)cc1. The summed E-state index contributed by atoms with van der Waals surface area (Å²) in [5.41, 5.74) is 2.21. The number of hydrogen-bond acceptors (Lipinski definition) is 5. The normalized spacial score (nSPS) is 11.3. The topological polar surface area (TPSA) is 68.3 Å². The number of aryl methyl sites for hydroxylation is 1. The van der Waals surface area contributed by atoms with Crippen LogP contribution in [0.3, 0.4) is 0 Å². The molecule has 2 aromatic carbocycles. The molecule has 0 aliphatic heterocycles. The Morgan fingerprint density at radius 1 is 1.16 bits per heavy atom. The van der Waals surface area contributed by atoms with Gasteiger partial charge in [-0.25, -0.2) is 13.4 Å². The van der Waals surface area contributed by atoms with Crippen LogP contribution in [-0.2, 0) is 10.0 Å². The summed E-state index contributed by atoms with van der Waals surface area (Å²) in [6, 6.07) is 13.6. The lowest BCUT2D eigenvalue weighted by Crippen LogP contribution is -2.12. The fraction of sp³-hybridized carbons (Fsp3) is 0.167. The fourth-order valence-electron chi connectivity index (χ4n) is 2.33. The number of sulfonamides is 1. The number of thiazole rings is 1. The van der Waals surface area contributed by atoms with Crippen molar-refractivity contribution >= 4 is 27.0 Å². The summed E-state index contributed by atoms with van der Waals surface area (Å²) in [6.07, 6.45) is 0. The van der Waals surface area contributed by atoms with Gasteiger partial charge >= 0.3 is 0 Å². The molecule has 5 nitrogen and oxygen atoms in total. The molecule has 25 heavy (non-hydrogen) atoms. The van der Waals surface area contributed by atoms with Crippen molar-refractivity contribution in [2.45, 2.75) is 18.7 Å². The van der Waals surface area contributed by atoms with E-state index in [1.54, 1.807) is 41.7 Å². The second-order valence-corrected chi connectivity index (χ2v) is 8.09.